The number of ether oxygens (including phenoxy) is 1. The molecular weight excluding hydrogens is 397 g/mol. The Morgan fingerprint density at radius 1 is 1.07 bits per heavy atom. The quantitative estimate of drug-likeness (QED) is 0.599. The fraction of sp³-hybridized carbons (Fsp3) is 0.0588. The van der Waals surface area contributed by atoms with Crippen LogP contribution < -0.4 is 14.2 Å². The largest absolute Gasteiger partial charge is 0.493 e. The van der Waals surface area contributed by atoms with Gasteiger partial charge in [0.15, 0.2) is 11.5 Å². The van der Waals surface area contributed by atoms with Gasteiger partial charge in [0, 0.05) is 0 Å². The summed E-state index contributed by atoms with van der Waals surface area (Å²) in [6.07, 6.45) is 1.46. The van der Waals surface area contributed by atoms with Crippen LogP contribution in [0.5, 0.6) is 11.5 Å². The molecule has 140 valence electrons. The van der Waals surface area contributed by atoms with Crippen molar-refractivity contribution in [3.8, 4) is 11.5 Å². The maximum atomic E-state index is 13.0. The normalized spacial score (nSPS) is 15.7. The lowest BCUT2D eigenvalue weighted by Gasteiger charge is -2.11. The van der Waals surface area contributed by atoms with E-state index in [0.717, 1.165) is 36.0 Å². The molecule has 1 saturated heterocycles. The van der Waals surface area contributed by atoms with E-state index in [0.29, 0.717) is 5.56 Å². The number of amides is 2. The third kappa shape index (κ3) is 4.29. The minimum atomic E-state index is -4.19. The summed E-state index contributed by atoms with van der Waals surface area (Å²) in [7, 11) is -2.87. The average Bonchev–Trinajstić information content (AvgIpc) is 2.93. The van der Waals surface area contributed by atoms with Gasteiger partial charge >= 0.3 is 10.1 Å². The van der Waals surface area contributed by atoms with Crippen molar-refractivity contribution < 1.29 is 31.3 Å². The first-order chi connectivity index (χ1) is 12.8. The highest BCUT2D eigenvalue weighted by Crippen LogP contribution is 2.33. The zero-order chi connectivity index (χ0) is 19.6. The van der Waals surface area contributed by atoms with E-state index in [-0.39, 0.29) is 21.3 Å². The molecule has 1 aliphatic rings. The number of nitrogens with one attached hydrogen (secondary N) is 1. The van der Waals surface area contributed by atoms with E-state index in [1.807, 2.05) is 0 Å². The summed E-state index contributed by atoms with van der Waals surface area (Å²) in [4.78, 5) is 22.8. The van der Waals surface area contributed by atoms with Crippen molar-refractivity contribution in [1.82, 2.24) is 5.32 Å². The third-order valence-corrected chi connectivity index (χ3v) is 5.49. The lowest BCUT2D eigenvalue weighted by molar-refractivity contribution is -0.115. The van der Waals surface area contributed by atoms with Gasteiger partial charge in [-0.2, -0.15) is 8.42 Å². The summed E-state index contributed by atoms with van der Waals surface area (Å²) in [5, 5.41) is 1.67. The molecule has 3 rings (SSSR count). The number of thioether (sulfide) groups is 1. The molecule has 0 radical (unpaired) electrons. The van der Waals surface area contributed by atoms with Crippen molar-refractivity contribution in [3.05, 3.63) is 58.8 Å². The highest BCUT2D eigenvalue weighted by Gasteiger charge is 2.25. The maximum Gasteiger partial charge on any atom is 0.339 e. The SMILES string of the molecule is COc1cc(/C=C2/SC(=O)NC2=O)ccc1OS(=O)(=O)c1ccc(F)cc1. The van der Waals surface area contributed by atoms with Gasteiger partial charge in [0.1, 0.15) is 10.7 Å². The second kappa shape index (κ2) is 7.41. The molecule has 0 spiro atoms. The summed E-state index contributed by atoms with van der Waals surface area (Å²) in [6, 6.07) is 8.50. The van der Waals surface area contributed by atoms with Crippen LogP contribution in [0.2, 0.25) is 0 Å². The molecule has 0 aromatic heterocycles. The highest BCUT2D eigenvalue weighted by molar-refractivity contribution is 8.18. The molecule has 2 aromatic rings. The van der Waals surface area contributed by atoms with Crippen molar-refractivity contribution >= 4 is 39.1 Å². The number of carbonyl (C=O) groups excluding carboxylic acids is 2. The van der Waals surface area contributed by atoms with Gasteiger partial charge < -0.3 is 8.92 Å². The standard InChI is InChI=1S/C17H12FNO6S2/c1-24-14-8-10(9-15-16(20)19-17(21)26-15)2-7-13(14)25-27(22,23)12-5-3-11(18)4-6-12/h2-9H,1H3,(H,19,20,21)/b15-9+. The average molecular weight is 409 g/mol. The molecule has 1 heterocycles. The Morgan fingerprint density at radius 2 is 1.78 bits per heavy atom. The molecule has 0 aliphatic carbocycles. The molecule has 7 nitrogen and oxygen atoms in total. The number of imide groups is 1. The monoisotopic (exact) mass is 409 g/mol. The van der Waals surface area contributed by atoms with E-state index < -0.39 is 27.1 Å². The van der Waals surface area contributed by atoms with Crippen LogP contribution in [0.1, 0.15) is 5.56 Å². The zero-order valence-corrected chi connectivity index (χ0v) is 15.4. The number of hydrogen-bond acceptors (Lipinski definition) is 7. The number of halogens is 1. The molecular formula is C17H12FNO6S2. The zero-order valence-electron chi connectivity index (χ0n) is 13.8. The molecule has 1 fully saturated rings. The van der Waals surface area contributed by atoms with Crippen LogP contribution in [-0.4, -0.2) is 26.7 Å². The summed E-state index contributed by atoms with van der Waals surface area (Å²) in [6.45, 7) is 0. The molecule has 2 amide bonds. The Hall–Kier alpha value is -2.85. The van der Waals surface area contributed by atoms with E-state index in [2.05, 4.69) is 5.32 Å². The maximum absolute atomic E-state index is 13.0. The molecule has 10 heteroatoms. The van der Waals surface area contributed by atoms with E-state index >= 15 is 0 Å². The Balaban J connectivity index is 1.89. The van der Waals surface area contributed by atoms with Crippen molar-refractivity contribution in [1.29, 1.82) is 0 Å². The van der Waals surface area contributed by atoms with Gasteiger partial charge in [0.2, 0.25) is 0 Å². The number of rotatable bonds is 5. The second-order valence-electron chi connectivity index (χ2n) is 5.25. The van der Waals surface area contributed by atoms with Gasteiger partial charge in [-0.15, -0.1) is 0 Å². The van der Waals surface area contributed by atoms with Crippen LogP contribution in [0.25, 0.3) is 6.08 Å². The molecule has 27 heavy (non-hydrogen) atoms. The van der Waals surface area contributed by atoms with Gasteiger partial charge in [-0.25, -0.2) is 4.39 Å². The van der Waals surface area contributed by atoms with Crippen LogP contribution in [0.3, 0.4) is 0 Å². The molecule has 0 bridgehead atoms. The lowest BCUT2D eigenvalue weighted by Crippen LogP contribution is -2.17. The number of benzene rings is 2. The summed E-state index contributed by atoms with van der Waals surface area (Å²) in [5.41, 5.74) is 0.505. The third-order valence-electron chi connectivity index (χ3n) is 3.43. The fourth-order valence-corrected chi connectivity index (χ4v) is 3.80. The van der Waals surface area contributed by atoms with Gasteiger partial charge in [-0.1, -0.05) is 6.07 Å². The topological polar surface area (TPSA) is 98.8 Å². The van der Waals surface area contributed by atoms with Crippen LogP contribution in [-0.2, 0) is 14.9 Å². The summed E-state index contributed by atoms with van der Waals surface area (Å²) < 4.78 is 47.8. The fourth-order valence-electron chi connectivity index (χ4n) is 2.18. The Labute approximate surface area is 158 Å². The smallest absolute Gasteiger partial charge is 0.339 e. The predicted octanol–water partition coefficient (Wildman–Crippen LogP) is 2.93. The van der Waals surface area contributed by atoms with Gasteiger partial charge in [0.05, 0.1) is 12.0 Å². The van der Waals surface area contributed by atoms with E-state index in [1.54, 1.807) is 0 Å². The molecule has 1 aliphatic heterocycles. The lowest BCUT2D eigenvalue weighted by atomic mass is 10.2. The molecule has 0 saturated carbocycles. The number of hydrogen-bond donors (Lipinski definition) is 1. The van der Waals surface area contributed by atoms with Crippen molar-refractivity contribution in [2.24, 2.45) is 0 Å². The van der Waals surface area contributed by atoms with E-state index in [1.165, 1.54) is 31.4 Å². The van der Waals surface area contributed by atoms with Crippen molar-refractivity contribution in [2.75, 3.05) is 7.11 Å². The van der Waals surface area contributed by atoms with Gasteiger partial charge in [-0.05, 0) is 59.8 Å². The highest BCUT2D eigenvalue weighted by atomic mass is 32.2. The van der Waals surface area contributed by atoms with Gasteiger partial charge in [-0.3, -0.25) is 14.9 Å². The summed E-state index contributed by atoms with van der Waals surface area (Å²) >= 11 is 0.758. The first-order valence-electron chi connectivity index (χ1n) is 7.41. The Kier molecular flexibility index (Phi) is 5.19. The van der Waals surface area contributed by atoms with Crippen LogP contribution in [0.15, 0.2) is 52.3 Å². The number of methoxy groups -OCH3 is 1. The minimum absolute atomic E-state index is 0.0800. The Bertz CT molecular complexity index is 1050. The van der Waals surface area contributed by atoms with E-state index in [9.17, 15) is 22.4 Å². The number of carbonyl (C=O) groups is 2. The van der Waals surface area contributed by atoms with Crippen LogP contribution in [0, 0.1) is 5.82 Å². The molecule has 0 unspecified atom stereocenters. The van der Waals surface area contributed by atoms with E-state index in [4.69, 9.17) is 8.92 Å². The predicted molar refractivity (Wildman–Crippen MR) is 96.3 cm³/mol. The van der Waals surface area contributed by atoms with Crippen molar-refractivity contribution in [2.45, 2.75) is 4.90 Å². The molecule has 0 atom stereocenters. The minimum Gasteiger partial charge on any atom is -0.493 e. The Morgan fingerprint density at radius 3 is 2.37 bits per heavy atom. The first kappa shape index (κ1) is 18.9. The molecule has 2 aromatic carbocycles. The molecule has 1 N–H and O–H groups in total. The summed E-state index contributed by atoms with van der Waals surface area (Å²) in [5.74, 6) is -1.06. The van der Waals surface area contributed by atoms with Crippen molar-refractivity contribution in [3.63, 3.8) is 0 Å². The van der Waals surface area contributed by atoms with Crippen LogP contribution >= 0.6 is 11.8 Å². The first-order valence-corrected chi connectivity index (χ1v) is 9.64. The van der Waals surface area contributed by atoms with Crippen LogP contribution in [0.4, 0.5) is 9.18 Å². The second-order valence-corrected chi connectivity index (χ2v) is 7.81. The van der Waals surface area contributed by atoms with Gasteiger partial charge in [0.25, 0.3) is 11.1 Å².